The monoisotopic (exact) mass is 553 g/mol. The van der Waals surface area contributed by atoms with Crippen molar-refractivity contribution < 1.29 is 35.3 Å². The van der Waals surface area contributed by atoms with Crippen molar-refractivity contribution in [1.82, 2.24) is 20.3 Å². The molecule has 0 bridgehead atoms. The third-order valence-corrected chi connectivity index (χ3v) is 6.53. The number of piperidine rings is 1. The summed E-state index contributed by atoms with van der Waals surface area (Å²) in [7, 11) is -5.88. The Hall–Kier alpha value is -3.68. The minimum Gasteiger partial charge on any atom is -0.444 e. The van der Waals surface area contributed by atoms with Crippen molar-refractivity contribution in [3.63, 3.8) is 0 Å². The van der Waals surface area contributed by atoms with E-state index < -0.39 is 33.2 Å². The van der Waals surface area contributed by atoms with Gasteiger partial charge in [0.25, 0.3) is 0 Å². The Bertz CT molecular complexity index is 1440. The Morgan fingerprint density at radius 2 is 1.84 bits per heavy atom. The van der Waals surface area contributed by atoms with Gasteiger partial charge in [-0.1, -0.05) is 0 Å². The van der Waals surface area contributed by atoms with Crippen molar-refractivity contribution in [2.75, 3.05) is 18.0 Å². The van der Waals surface area contributed by atoms with Crippen LogP contribution in [0.25, 0.3) is 22.3 Å². The normalized spacial score (nSPS) is 16.8. The number of rotatable bonds is 5. The molecule has 1 amide bonds. The lowest BCUT2D eigenvalue weighted by Gasteiger charge is -2.35. The molecular weight excluding hydrogens is 527 g/mol. The third kappa shape index (κ3) is 6.41. The molecule has 14 heteroatoms. The van der Waals surface area contributed by atoms with Crippen LogP contribution < -0.4 is 14.4 Å². The number of hydrogen-bond donors (Lipinski definition) is 1. The Morgan fingerprint density at radius 1 is 1.11 bits per heavy atom. The van der Waals surface area contributed by atoms with Crippen molar-refractivity contribution in [1.29, 1.82) is 0 Å². The molecule has 0 unspecified atom stereocenters. The summed E-state index contributed by atoms with van der Waals surface area (Å²) in [6.45, 7) is 6.63. The van der Waals surface area contributed by atoms with E-state index in [0.717, 1.165) is 42.7 Å². The SMILES string of the molecule is CC(C)(C)OC(=O)N[C@H]1CCCN(c2ccnc3ccc(-c4nccc(OS(=O)(=O)C(F)(F)F)n4)cc23)C1. The van der Waals surface area contributed by atoms with Crippen LogP contribution in [0.4, 0.5) is 23.7 Å². The van der Waals surface area contributed by atoms with Gasteiger partial charge < -0.3 is 19.1 Å². The van der Waals surface area contributed by atoms with E-state index in [4.69, 9.17) is 4.74 Å². The van der Waals surface area contributed by atoms with E-state index in [1.807, 2.05) is 6.07 Å². The lowest BCUT2D eigenvalue weighted by atomic mass is 10.0. The Labute approximate surface area is 217 Å². The number of hydrogen-bond acceptors (Lipinski definition) is 9. The van der Waals surface area contributed by atoms with Gasteiger partial charge in [-0.15, -0.1) is 0 Å². The van der Waals surface area contributed by atoms with Gasteiger partial charge in [0.2, 0.25) is 5.88 Å². The van der Waals surface area contributed by atoms with E-state index in [-0.39, 0.29) is 11.9 Å². The van der Waals surface area contributed by atoms with Crippen molar-refractivity contribution in [3.05, 3.63) is 42.7 Å². The van der Waals surface area contributed by atoms with Crippen LogP contribution in [0.15, 0.2) is 42.7 Å². The molecule has 1 aromatic carbocycles. The number of nitrogens with one attached hydrogen (secondary N) is 1. The molecule has 1 aliphatic heterocycles. The molecule has 3 aromatic rings. The maximum absolute atomic E-state index is 12.7. The molecular formula is C24H26F3N5O5S. The molecule has 0 saturated carbocycles. The quantitative estimate of drug-likeness (QED) is 0.361. The zero-order valence-corrected chi connectivity index (χ0v) is 21.6. The number of nitrogens with zero attached hydrogens (tertiary/aromatic N) is 4. The number of ether oxygens (including phenoxy) is 1. The van der Waals surface area contributed by atoms with Crippen molar-refractivity contribution in [2.24, 2.45) is 0 Å². The molecule has 38 heavy (non-hydrogen) atoms. The first-order valence-corrected chi connectivity index (χ1v) is 13.1. The standard InChI is InChI=1S/C24H26F3N5O5S/c1-23(2,3)36-22(33)30-16-5-4-12-32(14-16)19-8-10-28-18-7-6-15(13-17(18)19)21-29-11-9-20(31-21)37-38(34,35)24(25,26)27/h6-11,13,16H,4-5,12,14H2,1-3H3,(H,30,33)/t16-/m0/s1. The zero-order valence-electron chi connectivity index (χ0n) is 20.8. The minimum atomic E-state index is -5.88. The second-order valence-corrected chi connectivity index (χ2v) is 11.2. The van der Waals surface area contributed by atoms with Gasteiger partial charge in [0.1, 0.15) is 5.60 Å². The number of benzene rings is 1. The molecule has 1 N–H and O–H groups in total. The average Bonchev–Trinajstić information content (AvgIpc) is 2.81. The van der Waals surface area contributed by atoms with Crippen LogP contribution in [0.5, 0.6) is 5.88 Å². The van der Waals surface area contributed by atoms with Crippen LogP contribution in [0.2, 0.25) is 0 Å². The van der Waals surface area contributed by atoms with Gasteiger partial charge in [0.15, 0.2) is 5.82 Å². The fourth-order valence-electron chi connectivity index (χ4n) is 4.02. The number of amides is 1. The van der Waals surface area contributed by atoms with E-state index in [0.29, 0.717) is 17.6 Å². The summed E-state index contributed by atoms with van der Waals surface area (Å²) in [5, 5.41) is 3.64. The Balaban J connectivity index is 1.60. The van der Waals surface area contributed by atoms with E-state index in [9.17, 15) is 26.4 Å². The highest BCUT2D eigenvalue weighted by Crippen LogP contribution is 2.32. The second kappa shape index (κ2) is 10.2. The topological polar surface area (TPSA) is 124 Å². The molecule has 0 aliphatic carbocycles. The molecule has 1 saturated heterocycles. The maximum Gasteiger partial charge on any atom is 0.534 e. The number of halogens is 3. The summed E-state index contributed by atoms with van der Waals surface area (Å²) < 4.78 is 70.4. The lowest BCUT2D eigenvalue weighted by molar-refractivity contribution is -0.0501. The smallest absolute Gasteiger partial charge is 0.444 e. The van der Waals surface area contributed by atoms with Gasteiger partial charge in [-0.25, -0.2) is 9.78 Å². The predicted molar refractivity (Wildman–Crippen MR) is 133 cm³/mol. The number of alkyl carbamates (subject to hydrolysis) is 1. The summed E-state index contributed by atoms with van der Waals surface area (Å²) >= 11 is 0. The molecule has 204 valence electrons. The molecule has 1 atom stereocenters. The molecule has 1 fully saturated rings. The molecule has 1 aliphatic rings. The molecule has 3 heterocycles. The van der Waals surface area contributed by atoms with Gasteiger partial charge in [-0.05, 0) is 57.9 Å². The zero-order chi connectivity index (χ0) is 27.7. The molecule has 2 aromatic heterocycles. The summed E-state index contributed by atoms with van der Waals surface area (Å²) in [5.74, 6) is -0.786. The summed E-state index contributed by atoms with van der Waals surface area (Å²) in [6, 6.07) is 7.67. The van der Waals surface area contributed by atoms with Gasteiger partial charge in [-0.2, -0.15) is 26.6 Å². The first-order chi connectivity index (χ1) is 17.7. The molecule has 0 radical (unpaired) electrons. The molecule has 10 nitrogen and oxygen atoms in total. The highest BCUT2D eigenvalue weighted by molar-refractivity contribution is 7.87. The average molecular weight is 554 g/mol. The highest BCUT2D eigenvalue weighted by Gasteiger charge is 2.48. The number of fused-ring (bicyclic) bond motifs is 1. The lowest BCUT2D eigenvalue weighted by Crippen LogP contribution is -2.49. The van der Waals surface area contributed by atoms with E-state index in [1.165, 1.54) is 0 Å². The van der Waals surface area contributed by atoms with Crippen LogP contribution in [-0.2, 0) is 14.9 Å². The van der Waals surface area contributed by atoms with Gasteiger partial charge in [0.05, 0.1) is 5.52 Å². The summed E-state index contributed by atoms with van der Waals surface area (Å²) in [5.41, 5.74) is -4.30. The van der Waals surface area contributed by atoms with Crippen LogP contribution in [0.3, 0.4) is 0 Å². The molecule has 4 rings (SSSR count). The Kier molecular flexibility index (Phi) is 7.37. The number of carbonyl (C=O) groups is 1. The third-order valence-electron chi connectivity index (χ3n) is 5.57. The largest absolute Gasteiger partial charge is 0.534 e. The fourth-order valence-corrected chi connectivity index (χ4v) is 4.43. The first kappa shape index (κ1) is 27.4. The Morgan fingerprint density at radius 3 is 2.55 bits per heavy atom. The maximum atomic E-state index is 12.7. The number of alkyl halides is 3. The fraction of sp³-hybridized carbons (Fsp3) is 0.417. The van der Waals surface area contributed by atoms with Gasteiger partial charge >= 0.3 is 21.7 Å². The number of pyridine rings is 1. The number of anilines is 1. The first-order valence-electron chi connectivity index (χ1n) is 11.7. The highest BCUT2D eigenvalue weighted by atomic mass is 32.2. The number of aromatic nitrogens is 3. The van der Waals surface area contributed by atoms with Crippen molar-refractivity contribution in [3.8, 4) is 17.3 Å². The van der Waals surface area contributed by atoms with Gasteiger partial charge in [0, 0.05) is 54.2 Å². The second-order valence-electron chi connectivity index (χ2n) is 9.70. The predicted octanol–water partition coefficient (Wildman–Crippen LogP) is 4.41. The van der Waals surface area contributed by atoms with E-state index >= 15 is 0 Å². The van der Waals surface area contributed by atoms with Crippen LogP contribution in [0.1, 0.15) is 33.6 Å². The van der Waals surface area contributed by atoms with Gasteiger partial charge in [-0.3, -0.25) is 4.98 Å². The summed E-state index contributed by atoms with van der Waals surface area (Å²) in [6.07, 6.45) is 3.88. The van der Waals surface area contributed by atoms with Crippen LogP contribution in [0, 0.1) is 0 Å². The molecule has 0 spiro atoms. The van der Waals surface area contributed by atoms with E-state index in [1.54, 1.807) is 45.2 Å². The summed E-state index contributed by atoms with van der Waals surface area (Å²) in [4.78, 5) is 26.7. The van der Waals surface area contributed by atoms with E-state index in [2.05, 4.69) is 29.4 Å². The van der Waals surface area contributed by atoms with Crippen LogP contribution >= 0.6 is 0 Å². The van der Waals surface area contributed by atoms with Crippen molar-refractivity contribution >= 4 is 32.8 Å². The van der Waals surface area contributed by atoms with Crippen molar-refractivity contribution in [2.45, 2.75) is 50.8 Å². The minimum absolute atomic E-state index is 0.0281. The number of carbonyl (C=O) groups excluding carboxylic acids is 1. The van der Waals surface area contributed by atoms with Crippen LogP contribution in [-0.4, -0.2) is 59.7 Å².